The van der Waals surface area contributed by atoms with Gasteiger partial charge in [0.25, 0.3) is 0 Å². The fourth-order valence-electron chi connectivity index (χ4n) is 1.59. The molecule has 1 N–H and O–H groups in total. The number of aromatic nitrogens is 2. The first-order chi connectivity index (χ1) is 8.28. The maximum atomic E-state index is 4.20. The molecule has 0 unspecified atom stereocenters. The molecule has 3 nitrogen and oxygen atoms in total. The van der Waals surface area contributed by atoms with Crippen molar-refractivity contribution in [3.8, 4) is 0 Å². The summed E-state index contributed by atoms with van der Waals surface area (Å²) in [6.45, 7) is 4.97. The van der Waals surface area contributed by atoms with Crippen molar-refractivity contribution in [2.24, 2.45) is 0 Å². The molecule has 0 bridgehead atoms. The lowest BCUT2D eigenvalue weighted by molar-refractivity contribution is 0.986. The Morgan fingerprint density at radius 3 is 2.59 bits per heavy atom. The lowest BCUT2D eigenvalue weighted by atomic mass is 10.1. The molecule has 0 atom stereocenters. The molecule has 0 aliphatic rings. The van der Waals surface area contributed by atoms with Gasteiger partial charge in [0, 0.05) is 18.3 Å². The lowest BCUT2D eigenvalue weighted by Crippen LogP contribution is -2.02. The van der Waals surface area contributed by atoms with Gasteiger partial charge >= 0.3 is 0 Å². The van der Waals surface area contributed by atoms with E-state index in [1.807, 2.05) is 6.07 Å². The Balaban J connectivity index is 1.99. The van der Waals surface area contributed by atoms with E-state index >= 15 is 0 Å². The van der Waals surface area contributed by atoms with Crippen molar-refractivity contribution < 1.29 is 0 Å². The van der Waals surface area contributed by atoms with Crippen molar-refractivity contribution in [3.63, 3.8) is 0 Å². The summed E-state index contributed by atoms with van der Waals surface area (Å²) in [5.74, 6) is 0.887. The Bertz CT molecular complexity index is 477. The van der Waals surface area contributed by atoms with Crippen LogP contribution < -0.4 is 5.32 Å². The van der Waals surface area contributed by atoms with E-state index in [2.05, 4.69) is 53.4 Å². The number of anilines is 1. The van der Waals surface area contributed by atoms with Gasteiger partial charge in [-0.15, -0.1) is 0 Å². The van der Waals surface area contributed by atoms with Gasteiger partial charge < -0.3 is 5.32 Å². The summed E-state index contributed by atoms with van der Waals surface area (Å²) < 4.78 is 0. The molecule has 1 aromatic heterocycles. The molecule has 88 valence electrons. The minimum Gasteiger partial charge on any atom is -0.366 e. The van der Waals surface area contributed by atoms with Crippen LogP contribution in [-0.2, 0) is 13.0 Å². The molecule has 0 aliphatic heterocycles. The average Bonchev–Trinajstić information content (AvgIpc) is 2.38. The zero-order chi connectivity index (χ0) is 12.1. The summed E-state index contributed by atoms with van der Waals surface area (Å²) in [6, 6.07) is 10.5. The topological polar surface area (TPSA) is 37.8 Å². The summed E-state index contributed by atoms with van der Waals surface area (Å²) in [6.07, 6.45) is 2.54. The van der Waals surface area contributed by atoms with Crippen LogP contribution in [0.15, 0.2) is 36.7 Å². The minimum atomic E-state index is 0.792. The zero-order valence-corrected chi connectivity index (χ0v) is 10.3. The molecule has 0 spiro atoms. The fraction of sp³-hybridized carbons (Fsp3) is 0.286. The van der Waals surface area contributed by atoms with E-state index in [0.717, 1.165) is 24.5 Å². The van der Waals surface area contributed by atoms with Crippen LogP contribution in [-0.4, -0.2) is 9.97 Å². The van der Waals surface area contributed by atoms with E-state index in [-0.39, 0.29) is 0 Å². The molecule has 0 radical (unpaired) electrons. The van der Waals surface area contributed by atoms with Gasteiger partial charge in [-0.3, -0.25) is 0 Å². The van der Waals surface area contributed by atoms with E-state index in [9.17, 15) is 0 Å². The van der Waals surface area contributed by atoms with Gasteiger partial charge in [0.05, 0.1) is 0 Å². The molecule has 2 aromatic rings. The van der Waals surface area contributed by atoms with Crippen LogP contribution >= 0.6 is 0 Å². The lowest BCUT2D eigenvalue weighted by Gasteiger charge is -2.06. The normalized spacial score (nSPS) is 10.2. The highest BCUT2D eigenvalue weighted by Gasteiger charge is 1.97. The maximum Gasteiger partial charge on any atom is 0.129 e. The van der Waals surface area contributed by atoms with Gasteiger partial charge in [-0.25, -0.2) is 9.97 Å². The molecule has 0 saturated carbocycles. The summed E-state index contributed by atoms with van der Waals surface area (Å²) in [4.78, 5) is 8.37. The second-order valence-corrected chi connectivity index (χ2v) is 4.09. The monoisotopic (exact) mass is 227 g/mol. The maximum absolute atomic E-state index is 4.20. The van der Waals surface area contributed by atoms with Crippen LogP contribution in [0.4, 0.5) is 5.82 Å². The third kappa shape index (κ3) is 3.28. The fourth-order valence-corrected chi connectivity index (χ4v) is 1.59. The summed E-state index contributed by atoms with van der Waals surface area (Å²) in [5.41, 5.74) is 3.60. The minimum absolute atomic E-state index is 0.792. The van der Waals surface area contributed by atoms with Crippen molar-refractivity contribution in [2.45, 2.75) is 26.8 Å². The molecule has 3 heteroatoms. The van der Waals surface area contributed by atoms with Crippen LogP contribution in [0.3, 0.4) is 0 Å². The molecular formula is C14H17N3. The molecule has 0 saturated heterocycles. The van der Waals surface area contributed by atoms with Crippen LogP contribution in [0.5, 0.6) is 0 Å². The van der Waals surface area contributed by atoms with Crippen molar-refractivity contribution in [1.82, 2.24) is 9.97 Å². The highest BCUT2D eigenvalue weighted by Crippen LogP contribution is 2.08. The molecule has 0 fully saturated rings. The number of rotatable bonds is 4. The smallest absolute Gasteiger partial charge is 0.129 e. The summed E-state index contributed by atoms with van der Waals surface area (Å²) in [5, 5.41) is 3.30. The second-order valence-electron chi connectivity index (χ2n) is 4.09. The van der Waals surface area contributed by atoms with Gasteiger partial charge in [-0.05, 0) is 18.9 Å². The number of hydrogen-bond donors (Lipinski definition) is 1. The predicted octanol–water partition coefficient (Wildman–Crippen LogP) is 2.96. The average molecular weight is 227 g/mol. The molecule has 1 aromatic carbocycles. The Morgan fingerprint density at radius 2 is 1.88 bits per heavy atom. The molecule has 0 aliphatic carbocycles. The first kappa shape index (κ1) is 11.6. The van der Waals surface area contributed by atoms with Crippen molar-refractivity contribution in [2.75, 3.05) is 5.32 Å². The Hall–Kier alpha value is -1.90. The highest BCUT2D eigenvalue weighted by atomic mass is 15.0. The van der Waals surface area contributed by atoms with Crippen LogP contribution in [0, 0.1) is 6.92 Å². The third-order valence-electron chi connectivity index (χ3n) is 2.68. The molecule has 17 heavy (non-hydrogen) atoms. The number of nitrogens with one attached hydrogen (secondary N) is 1. The van der Waals surface area contributed by atoms with Crippen molar-refractivity contribution >= 4 is 5.82 Å². The largest absolute Gasteiger partial charge is 0.366 e. The highest BCUT2D eigenvalue weighted by molar-refractivity contribution is 5.36. The molecule has 1 heterocycles. The van der Waals surface area contributed by atoms with Crippen molar-refractivity contribution in [3.05, 3.63) is 53.5 Å². The SMILES string of the molecule is CCc1cc(NCc2ccc(C)cc2)ncn1. The number of benzene rings is 1. The Kier molecular flexibility index (Phi) is 3.70. The quantitative estimate of drug-likeness (QED) is 0.872. The standard InChI is InChI=1S/C14H17N3/c1-3-13-8-14(17-10-16-13)15-9-12-6-4-11(2)5-7-12/h4-8,10H,3,9H2,1-2H3,(H,15,16,17). The van der Waals surface area contributed by atoms with Crippen LogP contribution in [0.1, 0.15) is 23.7 Å². The third-order valence-corrected chi connectivity index (χ3v) is 2.68. The summed E-state index contributed by atoms with van der Waals surface area (Å²) in [7, 11) is 0. The van der Waals surface area contributed by atoms with Crippen molar-refractivity contribution in [1.29, 1.82) is 0 Å². The predicted molar refractivity (Wildman–Crippen MR) is 69.9 cm³/mol. The van der Waals surface area contributed by atoms with Gasteiger partial charge in [0.1, 0.15) is 12.1 Å². The number of hydrogen-bond acceptors (Lipinski definition) is 3. The Morgan fingerprint density at radius 1 is 1.12 bits per heavy atom. The number of aryl methyl sites for hydroxylation is 2. The van der Waals surface area contributed by atoms with E-state index in [1.165, 1.54) is 11.1 Å². The van der Waals surface area contributed by atoms with E-state index < -0.39 is 0 Å². The first-order valence-corrected chi connectivity index (χ1v) is 5.88. The van der Waals surface area contributed by atoms with Gasteiger partial charge in [0.15, 0.2) is 0 Å². The Labute approximate surface area is 102 Å². The van der Waals surface area contributed by atoms with Gasteiger partial charge in [0.2, 0.25) is 0 Å². The van der Waals surface area contributed by atoms with E-state index in [0.29, 0.717) is 0 Å². The van der Waals surface area contributed by atoms with E-state index in [4.69, 9.17) is 0 Å². The second kappa shape index (κ2) is 5.43. The first-order valence-electron chi connectivity index (χ1n) is 5.88. The van der Waals surface area contributed by atoms with E-state index in [1.54, 1.807) is 6.33 Å². The molecule has 2 rings (SSSR count). The number of nitrogens with zero attached hydrogens (tertiary/aromatic N) is 2. The summed E-state index contributed by atoms with van der Waals surface area (Å²) >= 11 is 0. The van der Waals surface area contributed by atoms with Gasteiger partial charge in [-0.2, -0.15) is 0 Å². The van der Waals surface area contributed by atoms with Gasteiger partial charge in [-0.1, -0.05) is 36.8 Å². The molecular weight excluding hydrogens is 210 g/mol. The molecule has 0 amide bonds. The van der Waals surface area contributed by atoms with Crippen LogP contribution in [0.2, 0.25) is 0 Å². The zero-order valence-electron chi connectivity index (χ0n) is 10.3. The van der Waals surface area contributed by atoms with Crippen LogP contribution in [0.25, 0.3) is 0 Å².